The van der Waals surface area contributed by atoms with E-state index in [-0.39, 0.29) is 0 Å². The summed E-state index contributed by atoms with van der Waals surface area (Å²) in [5.41, 5.74) is 0.227. The molecule has 2 rings (SSSR count). The maximum atomic E-state index is 5.89. The first-order valence-corrected chi connectivity index (χ1v) is 9.66. The van der Waals surface area contributed by atoms with Gasteiger partial charge >= 0.3 is 0 Å². The summed E-state index contributed by atoms with van der Waals surface area (Å²) in [7, 11) is 6.60. The fraction of sp³-hybridized carbons (Fsp3) is 0.357. The molecule has 0 saturated heterocycles. The Kier molecular flexibility index (Phi) is 5.86. The van der Waals surface area contributed by atoms with Crippen LogP contribution >= 0.6 is 45.6 Å². The predicted molar refractivity (Wildman–Crippen MR) is 95.1 cm³/mol. The molecule has 0 amide bonds. The molecule has 0 bridgehead atoms. The molecule has 1 atom stereocenters. The number of methoxy groups -OCH3 is 2. The second kappa shape index (κ2) is 7.22. The topological polar surface area (TPSA) is 18.5 Å². The van der Waals surface area contributed by atoms with Gasteiger partial charge in [0.25, 0.3) is 0 Å². The number of thiocarbonyl (C=S) groups is 1. The number of hydrogen-bond donors (Lipinski definition) is 0. The molecule has 0 spiro atoms. The molecule has 0 fully saturated rings. The molecule has 6 heteroatoms. The van der Waals surface area contributed by atoms with Crippen LogP contribution in [0.1, 0.15) is 12.5 Å². The molecule has 0 aliphatic carbocycles. The van der Waals surface area contributed by atoms with Gasteiger partial charge in [0.1, 0.15) is 4.20 Å². The smallest absolute Gasteiger partial charge is 0.193 e. The zero-order valence-corrected chi connectivity index (χ0v) is 14.8. The lowest BCUT2D eigenvalue weighted by atomic mass is 9.93. The molecule has 1 aliphatic rings. The monoisotopic (exact) mass is 344 g/mol. The van der Waals surface area contributed by atoms with E-state index in [2.05, 4.69) is 6.92 Å². The molecular weight excluding hydrogens is 328 g/mol. The number of rotatable bonds is 5. The quantitative estimate of drug-likeness (QED) is 0.559. The zero-order valence-electron chi connectivity index (χ0n) is 11.5. The molecule has 1 aromatic rings. The van der Waals surface area contributed by atoms with Gasteiger partial charge in [0.15, 0.2) is 11.4 Å². The van der Waals surface area contributed by atoms with Crippen molar-refractivity contribution in [1.82, 2.24) is 0 Å². The average Bonchev–Trinajstić information content (AvgIpc) is 2.50. The molecule has 0 N–H and O–H groups in total. The minimum atomic E-state index is -0.779. The summed E-state index contributed by atoms with van der Waals surface area (Å²) < 4.78 is 13.5. The zero-order chi connectivity index (χ0) is 14.6. The van der Waals surface area contributed by atoms with Crippen molar-refractivity contribution in [2.24, 2.45) is 0 Å². The van der Waals surface area contributed by atoms with Crippen molar-refractivity contribution in [2.75, 3.05) is 20.0 Å². The second-order valence-electron chi connectivity index (χ2n) is 3.96. The number of ether oxygens (including phenoxy) is 2. The third-order valence-corrected chi connectivity index (χ3v) is 7.57. The first-order valence-electron chi connectivity index (χ1n) is 6.11. The van der Waals surface area contributed by atoms with Crippen LogP contribution in [-0.4, -0.2) is 24.2 Å². The van der Waals surface area contributed by atoms with Crippen molar-refractivity contribution in [3.05, 3.63) is 45.9 Å². The van der Waals surface area contributed by atoms with Gasteiger partial charge in [0.2, 0.25) is 0 Å². The van der Waals surface area contributed by atoms with Crippen molar-refractivity contribution in [3.63, 3.8) is 0 Å². The third-order valence-electron chi connectivity index (χ3n) is 2.95. The molecule has 0 radical (unpaired) electrons. The van der Waals surface area contributed by atoms with Crippen molar-refractivity contribution >= 4 is 49.8 Å². The number of benzene rings is 1. The molecule has 1 aromatic carbocycles. The number of hydrogen-bond acceptors (Lipinski definition) is 6. The molecular formula is C14H16O2S4. The Hall–Kier alpha value is -0.140. The summed E-state index contributed by atoms with van der Waals surface area (Å²) in [4.78, 5) is 0. The summed E-state index contributed by atoms with van der Waals surface area (Å²) >= 11 is 7.35. The average molecular weight is 345 g/mol. The van der Waals surface area contributed by atoms with Gasteiger partial charge in [-0.05, 0) is 32.9 Å². The summed E-state index contributed by atoms with van der Waals surface area (Å²) in [6.45, 7) is 2.13. The Morgan fingerprint density at radius 1 is 1.20 bits per heavy atom. The maximum absolute atomic E-state index is 5.89. The van der Waals surface area contributed by atoms with Crippen LogP contribution in [0.2, 0.25) is 0 Å². The fourth-order valence-electron chi connectivity index (χ4n) is 2.07. The van der Waals surface area contributed by atoms with E-state index in [4.69, 9.17) is 21.7 Å². The molecule has 108 valence electrons. The van der Waals surface area contributed by atoms with Crippen LogP contribution < -0.4 is 0 Å². The van der Waals surface area contributed by atoms with Gasteiger partial charge in [-0.2, -0.15) is 0 Å². The lowest BCUT2D eigenvalue weighted by Crippen LogP contribution is -2.39. The van der Waals surface area contributed by atoms with Crippen molar-refractivity contribution in [3.8, 4) is 0 Å². The highest BCUT2D eigenvalue weighted by Gasteiger charge is 2.47. The first kappa shape index (κ1) is 16.2. The highest BCUT2D eigenvalue weighted by molar-refractivity contribution is 8.86. The van der Waals surface area contributed by atoms with E-state index in [0.29, 0.717) is 0 Å². The lowest BCUT2D eigenvalue weighted by Gasteiger charge is -2.38. The van der Waals surface area contributed by atoms with E-state index in [1.807, 2.05) is 30.3 Å². The largest absolute Gasteiger partial charge is 0.495 e. The van der Waals surface area contributed by atoms with E-state index in [9.17, 15) is 0 Å². The van der Waals surface area contributed by atoms with Gasteiger partial charge in [0, 0.05) is 7.11 Å². The molecule has 20 heavy (non-hydrogen) atoms. The lowest BCUT2D eigenvalue weighted by molar-refractivity contribution is 0.0351. The maximum Gasteiger partial charge on any atom is 0.193 e. The van der Waals surface area contributed by atoms with Gasteiger partial charge in [-0.3, -0.25) is 0 Å². The van der Waals surface area contributed by atoms with Crippen LogP contribution in [0.4, 0.5) is 0 Å². The predicted octanol–water partition coefficient (Wildman–Crippen LogP) is 4.82. The van der Waals surface area contributed by atoms with Gasteiger partial charge in [0.05, 0.1) is 11.3 Å². The molecule has 2 nitrogen and oxygen atoms in total. The van der Waals surface area contributed by atoms with Crippen LogP contribution in [0, 0.1) is 0 Å². The van der Waals surface area contributed by atoms with Crippen LogP contribution in [-0.2, 0) is 15.1 Å². The van der Waals surface area contributed by atoms with Crippen molar-refractivity contribution in [2.45, 2.75) is 12.5 Å². The molecule has 0 saturated carbocycles. The van der Waals surface area contributed by atoms with Crippen LogP contribution in [0.3, 0.4) is 0 Å². The Bertz CT molecular complexity index is 515. The van der Waals surface area contributed by atoms with Crippen LogP contribution in [0.15, 0.2) is 40.3 Å². The van der Waals surface area contributed by atoms with Gasteiger partial charge in [-0.15, -0.1) is 11.8 Å². The SMILES string of the molecule is CCSC1=C(OC)C(OC)(c2ccccc2)C(=S)SS1. The third kappa shape index (κ3) is 2.76. The highest BCUT2D eigenvalue weighted by Crippen LogP contribution is 2.55. The van der Waals surface area contributed by atoms with E-state index < -0.39 is 5.60 Å². The van der Waals surface area contributed by atoms with E-state index >= 15 is 0 Å². The Balaban J connectivity index is 2.63. The minimum Gasteiger partial charge on any atom is -0.495 e. The standard InChI is InChI=1S/C14H16O2S4/c1-4-18-12-11(15-2)14(16-3,13(17)20-19-12)10-8-6-5-7-9-10/h5-9H,4H2,1-3H3. The molecule has 0 aromatic heterocycles. The molecule has 1 heterocycles. The molecule has 1 unspecified atom stereocenters. The van der Waals surface area contributed by atoms with Crippen molar-refractivity contribution in [1.29, 1.82) is 0 Å². The van der Waals surface area contributed by atoms with E-state index in [1.165, 1.54) is 0 Å². The summed E-state index contributed by atoms with van der Waals surface area (Å²) in [5, 5.41) is 0. The normalized spacial score (nSPS) is 23.1. The Morgan fingerprint density at radius 3 is 2.45 bits per heavy atom. The van der Waals surface area contributed by atoms with Gasteiger partial charge in [-0.1, -0.05) is 49.5 Å². The van der Waals surface area contributed by atoms with E-state index in [1.54, 1.807) is 47.6 Å². The summed E-state index contributed by atoms with van der Waals surface area (Å²) in [6, 6.07) is 10.0. The van der Waals surface area contributed by atoms with Crippen LogP contribution in [0.5, 0.6) is 0 Å². The second-order valence-corrected chi connectivity index (χ2v) is 8.31. The van der Waals surface area contributed by atoms with Gasteiger partial charge in [-0.25, -0.2) is 0 Å². The van der Waals surface area contributed by atoms with Crippen LogP contribution in [0.25, 0.3) is 0 Å². The Morgan fingerprint density at radius 2 is 1.90 bits per heavy atom. The summed E-state index contributed by atoms with van der Waals surface area (Å²) in [6.07, 6.45) is 0. The minimum absolute atomic E-state index is 0.772. The van der Waals surface area contributed by atoms with Gasteiger partial charge < -0.3 is 9.47 Å². The first-order chi connectivity index (χ1) is 9.70. The van der Waals surface area contributed by atoms with Crippen molar-refractivity contribution < 1.29 is 9.47 Å². The molecule has 1 aliphatic heterocycles. The highest BCUT2D eigenvalue weighted by atomic mass is 33.1. The Labute approximate surface area is 137 Å². The van der Waals surface area contributed by atoms with E-state index in [0.717, 1.165) is 25.5 Å². The number of thioether (sulfide) groups is 1. The summed E-state index contributed by atoms with van der Waals surface area (Å²) in [5.74, 6) is 1.78. The fourth-order valence-corrected chi connectivity index (χ4v) is 6.48.